The molecule has 0 aliphatic rings. The fourth-order valence-corrected chi connectivity index (χ4v) is 3.12. The van der Waals surface area contributed by atoms with Gasteiger partial charge in [-0.15, -0.1) is 0 Å². The molecule has 3 aromatic rings. The minimum atomic E-state index is -0.324. The number of fused-ring (bicyclic) bond motifs is 1. The third-order valence-corrected chi connectivity index (χ3v) is 4.50. The first-order valence-corrected chi connectivity index (χ1v) is 8.38. The van der Waals surface area contributed by atoms with E-state index in [0.717, 1.165) is 28.0 Å². The minimum absolute atomic E-state index is 0.0331. The van der Waals surface area contributed by atoms with Gasteiger partial charge in [0, 0.05) is 38.9 Å². The third-order valence-electron chi connectivity index (χ3n) is 4.50. The maximum Gasteiger partial charge on any atom is 0.330 e. The molecule has 0 bridgehead atoms. The molecule has 0 spiro atoms. The molecule has 0 saturated heterocycles. The average molecular weight is 341 g/mol. The van der Waals surface area contributed by atoms with Gasteiger partial charge >= 0.3 is 5.69 Å². The van der Waals surface area contributed by atoms with Gasteiger partial charge in [0.25, 0.3) is 5.56 Å². The molecule has 3 rings (SSSR count). The monoisotopic (exact) mass is 341 g/mol. The van der Waals surface area contributed by atoms with Gasteiger partial charge in [-0.05, 0) is 26.0 Å². The van der Waals surface area contributed by atoms with E-state index in [1.807, 2.05) is 25.1 Å². The van der Waals surface area contributed by atoms with Crippen LogP contribution in [0.1, 0.15) is 31.3 Å². The molecule has 1 unspecified atom stereocenters. The van der Waals surface area contributed by atoms with Crippen molar-refractivity contribution in [3.8, 4) is 0 Å². The second-order valence-corrected chi connectivity index (χ2v) is 6.22. The minimum Gasteiger partial charge on any atom is -0.327 e. The first-order valence-electron chi connectivity index (χ1n) is 8.38. The molecule has 7 heteroatoms. The molecular formula is C18H23N5O2. The summed E-state index contributed by atoms with van der Waals surface area (Å²) in [5.74, 6) is 0.936. The summed E-state index contributed by atoms with van der Waals surface area (Å²) in [5.41, 5.74) is 2.02. The SMILES string of the molecule is CCn1c(C(C)NCc2cn(C)c(=O)n(C)c2=O)nc2ccccc21. The van der Waals surface area contributed by atoms with Gasteiger partial charge < -0.3 is 14.5 Å². The van der Waals surface area contributed by atoms with E-state index in [9.17, 15) is 9.59 Å². The van der Waals surface area contributed by atoms with Gasteiger partial charge in [-0.25, -0.2) is 9.78 Å². The summed E-state index contributed by atoms with van der Waals surface area (Å²) in [7, 11) is 3.14. The lowest BCUT2D eigenvalue weighted by atomic mass is 10.2. The highest BCUT2D eigenvalue weighted by Crippen LogP contribution is 2.20. The number of para-hydroxylation sites is 2. The van der Waals surface area contributed by atoms with Gasteiger partial charge in [-0.3, -0.25) is 9.36 Å². The summed E-state index contributed by atoms with van der Waals surface area (Å²) in [6.07, 6.45) is 1.59. The third kappa shape index (κ3) is 3.02. The fourth-order valence-electron chi connectivity index (χ4n) is 3.12. The molecule has 0 aliphatic carbocycles. The molecule has 0 radical (unpaired) electrons. The number of aromatic nitrogens is 4. The van der Waals surface area contributed by atoms with Crippen molar-refractivity contribution in [2.75, 3.05) is 0 Å². The van der Waals surface area contributed by atoms with Crippen molar-refractivity contribution in [2.45, 2.75) is 33.0 Å². The molecule has 1 aromatic carbocycles. The zero-order chi connectivity index (χ0) is 18.1. The molecule has 7 nitrogen and oxygen atoms in total. The van der Waals surface area contributed by atoms with Crippen LogP contribution in [-0.4, -0.2) is 18.7 Å². The van der Waals surface area contributed by atoms with Crippen molar-refractivity contribution in [1.82, 2.24) is 24.0 Å². The summed E-state index contributed by atoms with van der Waals surface area (Å²) >= 11 is 0. The fraction of sp³-hybridized carbons (Fsp3) is 0.389. The first-order chi connectivity index (χ1) is 11.9. The van der Waals surface area contributed by atoms with Crippen LogP contribution < -0.4 is 16.6 Å². The van der Waals surface area contributed by atoms with Crippen LogP contribution in [0.4, 0.5) is 0 Å². The number of imidazole rings is 1. The van der Waals surface area contributed by atoms with Crippen molar-refractivity contribution < 1.29 is 0 Å². The summed E-state index contributed by atoms with van der Waals surface area (Å²) in [6.45, 7) is 5.31. The highest BCUT2D eigenvalue weighted by atomic mass is 16.2. The topological polar surface area (TPSA) is 73.8 Å². The molecule has 0 aliphatic heterocycles. The van der Waals surface area contributed by atoms with Gasteiger partial charge in [-0.1, -0.05) is 12.1 Å². The Morgan fingerprint density at radius 3 is 2.64 bits per heavy atom. The van der Waals surface area contributed by atoms with Crippen molar-refractivity contribution in [2.24, 2.45) is 14.1 Å². The zero-order valence-electron chi connectivity index (χ0n) is 15.0. The Hall–Kier alpha value is -2.67. The van der Waals surface area contributed by atoms with Gasteiger partial charge in [0.15, 0.2) is 0 Å². The standard InChI is InChI=1S/C18H23N5O2/c1-5-23-15-9-7-6-8-14(15)20-16(23)12(2)19-10-13-11-21(3)18(25)22(4)17(13)24/h6-9,11-12,19H,5,10H2,1-4H3. The summed E-state index contributed by atoms with van der Waals surface area (Å²) in [5, 5.41) is 3.35. The molecule has 0 saturated carbocycles. The van der Waals surface area contributed by atoms with E-state index in [1.165, 1.54) is 11.6 Å². The Kier molecular flexibility index (Phi) is 4.59. The highest BCUT2D eigenvalue weighted by molar-refractivity contribution is 5.76. The summed E-state index contributed by atoms with van der Waals surface area (Å²) in [4.78, 5) is 28.7. The van der Waals surface area contributed by atoms with Crippen molar-refractivity contribution in [1.29, 1.82) is 0 Å². The van der Waals surface area contributed by atoms with E-state index in [4.69, 9.17) is 4.98 Å². The molecule has 25 heavy (non-hydrogen) atoms. The number of nitrogens with zero attached hydrogens (tertiary/aromatic N) is 4. The van der Waals surface area contributed by atoms with Gasteiger partial charge in [0.2, 0.25) is 0 Å². The Morgan fingerprint density at radius 1 is 1.20 bits per heavy atom. The van der Waals surface area contributed by atoms with Gasteiger partial charge in [0.05, 0.1) is 17.1 Å². The van der Waals surface area contributed by atoms with Crippen molar-refractivity contribution in [3.63, 3.8) is 0 Å². The summed E-state index contributed by atoms with van der Waals surface area (Å²) < 4.78 is 4.72. The maximum atomic E-state index is 12.2. The van der Waals surface area contributed by atoms with Crippen LogP contribution in [0.25, 0.3) is 11.0 Å². The molecular weight excluding hydrogens is 318 g/mol. The normalized spacial score (nSPS) is 12.6. The number of nitrogens with one attached hydrogen (secondary N) is 1. The van der Waals surface area contributed by atoms with E-state index in [1.54, 1.807) is 13.2 Å². The van der Waals surface area contributed by atoms with Crippen LogP contribution in [0, 0.1) is 0 Å². The lowest BCUT2D eigenvalue weighted by Crippen LogP contribution is -2.39. The van der Waals surface area contributed by atoms with E-state index in [0.29, 0.717) is 12.1 Å². The quantitative estimate of drug-likeness (QED) is 0.759. The van der Waals surface area contributed by atoms with E-state index in [-0.39, 0.29) is 17.3 Å². The van der Waals surface area contributed by atoms with Crippen LogP contribution in [0.5, 0.6) is 0 Å². The van der Waals surface area contributed by atoms with E-state index >= 15 is 0 Å². The van der Waals surface area contributed by atoms with Crippen LogP contribution in [0.3, 0.4) is 0 Å². The predicted octanol–water partition coefficient (Wildman–Crippen LogP) is 1.30. The second kappa shape index (κ2) is 6.68. The van der Waals surface area contributed by atoms with E-state index in [2.05, 4.69) is 22.9 Å². The number of hydrogen-bond acceptors (Lipinski definition) is 4. The number of benzene rings is 1. The first kappa shape index (κ1) is 17.2. The maximum absolute atomic E-state index is 12.2. The zero-order valence-corrected chi connectivity index (χ0v) is 15.0. The smallest absolute Gasteiger partial charge is 0.327 e. The van der Waals surface area contributed by atoms with Crippen molar-refractivity contribution >= 4 is 11.0 Å². The molecule has 2 heterocycles. The number of rotatable bonds is 5. The van der Waals surface area contributed by atoms with Crippen LogP contribution in [0.2, 0.25) is 0 Å². The average Bonchev–Trinajstić information content (AvgIpc) is 3.00. The van der Waals surface area contributed by atoms with Crippen LogP contribution >= 0.6 is 0 Å². The largest absolute Gasteiger partial charge is 0.330 e. The molecule has 132 valence electrons. The Labute approximate surface area is 145 Å². The van der Waals surface area contributed by atoms with Gasteiger partial charge in [-0.2, -0.15) is 0 Å². The highest BCUT2D eigenvalue weighted by Gasteiger charge is 2.16. The Morgan fingerprint density at radius 2 is 1.92 bits per heavy atom. The lowest BCUT2D eigenvalue weighted by Gasteiger charge is -2.15. The molecule has 2 aromatic heterocycles. The predicted molar refractivity (Wildman–Crippen MR) is 97.6 cm³/mol. The van der Waals surface area contributed by atoms with Crippen molar-refractivity contribution in [3.05, 3.63) is 62.7 Å². The molecule has 1 N–H and O–H groups in total. The van der Waals surface area contributed by atoms with Crippen LogP contribution in [0.15, 0.2) is 40.1 Å². The second-order valence-electron chi connectivity index (χ2n) is 6.22. The molecule has 0 amide bonds. The Bertz CT molecular complexity index is 1030. The molecule has 0 fully saturated rings. The molecule has 1 atom stereocenters. The number of aryl methyl sites for hydroxylation is 2. The lowest BCUT2D eigenvalue weighted by molar-refractivity contribution is 0.514. The summed E-state index contributed by atoms with van der Waals surface area (Å²) in [6, 6.07) is 8.01. The van der Waals surface area contributed by atoms with Gasteiger partial charge in [0.1, 0.15) is 5.82 Å². The number of hydrogen-bond donors (Lipinski definition) is 1. The van der Waals surface area contributed by atoms with Crippen LogP contribution in [-0.2, 0) is 27.2 Å². The Balaban J connectivity index is 1.88. The van der Waals surface area contributed by atoms with E-state index < -0.39 is 0 Å².